The summed E-state index contributed by atoms with van der Waals surface area (Å²) in [6.45, 7) is 4.23. The summed E-state index contributed by atoms with van der Waals surface area (Å²) >= 11 is 0. The summed E-state index contributed by atoms with van der Waals surface area (Å²) in [4.78, 5) is 10.9. The molecule has 0 aromatic heterocycles. The third-order valence-electron chi connectivity index (χ3n) is 2.13. The Hall–Kier alpha value is -0.990. The smallest absolute Gasteiger partial charge is 0.319 e. The first-order chi connectivity index (χ1) is 5.77. The van der Waals surface area contributed by atoms with Gasteiger partial charge in [-0.3, -0.25) is 0 Å². The minimum Gasteiger partial charge on any atom is -0.331 e. The maximum atomic E-state index is 10.9. The van der Waals surface area contributed by atoms with E-state index < -0.39 is 0 Å². The van der Waals surface area contributed by atoms with Gasteiger partial charge in [-0.05, 0) is 18.4 Å². The molecule has 2 amide bonds. The van der Waals surface area contributed by atoms with Crippen molar-refractivity contribution in [3.63, 3.8) is 0 Å². The molecule has 1 atom stereocenters. The maximum absolute atomic E-state index is 10.9. The molecule has 1 aliphatic heterocycles. The Morgan fingerprint density at radius 1 is 1.50 bits per heavy atom. The molecule has 0 radical (unpaired) electrons. The van der Waals surface area contributed by atoms with Gasteiger partial charge in [-0.15, -0.1) is 0 Å². The highest BCUT2D eigenvalue weighted by atomic mass is 16.2. The van der Waals surface area contributed by atoms with Gasteiger partial charge in [0.25, 0.3) is 0 Å². The van der Waals surface area contributed by atoms with Crippen LogP contribution in [-0.2, 0) is 0 Å². The summed E-state index contributed by atoms with van der Waals surface area (Å²) in [5.74, 6) is 0. The van der Waals surface area contributed by atoms with Crippen LogP contribution in [0.5, 0.6) is 0 Å². The fourth-order valence-electron chi connectivity index (χ4n) is 1.45. The zero-order chi connectivity index (χ0) is 8.97. The predicted molar refractivity (Wildman–Crippen MR) is 48.7 cm³/mol. The predicted octanol–water partition coefficient (Wildman–Crippen LogP) is 1.76. The molecule has 3 heteroatoms. The summed E-state index contributed by atoms with van der Waals surface area (Å²) in [7, 11) is 0. The van der Waals surface area contributed by atoms with E-state index >= 15 is 0 Å². The van der Waals surface area contributed by atoms with E-state index in [1.54, 1.807) is 0 Å². The second-order valence-corrected chi connectivity index (χ2v) is 3.03. The van der Waals surface area contributed by atoms with Crippen LogP contribution >= 0.6 is 0 Å². The molecule has 1 aliphatic rings. The van der Waals surface area contributed by atoms with Crippen LogP contribution in [0.3, 0.4) is 0 Å². The lowest BCUT2D eigenvalue weighted by atomic mass is 10.0. The number of amides is 2. The van der Waals surface area contributed by atoms with Gasteiger partial charge in [-0.2, -0.15) is 0 Å². The second-order valence-electron chi connectivity index (χ2n) is 3.03. The molecule has 0 spiro atoms. The molecule has 1 rings (SSSR count). The Morgan fingerprint density at radius 2 is 2.25 bits per heavy atom. The molecule has 0 bridgehead atoms. The first-order valence-corrected chi connectivity index (χ1v) is 4.53. The van der Waals surface area contributed by atoms with Gasteiger partial charge < -0.3 is 10.6 Å². The molecule has 1 heterocycles. The van der Waals surface area contributed by atoms with Crippen LogP contribution in [0.25, 0.3) is 0 Å². The Kier molecular flexibility index (Phi) is 3.14. The third-order valence-corrected chi connectivity index (χ3v) is 2.13. The number of carbonyl (C=O) groups is 1. The van der Waals surface area contributed by atoms with E-state index in [1.807, 2.05) is 6.20 Å². The van der Waals surface area contributed by atoms with E-state index in [2.05, 4.69) is 24.5 Å². The first-order valence-electron chi connectivity index (χ1n) is 4.53. The highest BCUT2D eigenvalue weighted by Crippen LogP contribution is 2.13. The van der Waals surface area contributed by atoms with Crippen molar-refractivity contribution < 1.29 is 4.79 Å². The van der Waals surface area contributed by atoms with E-state index in [4.69, 9.17) is 0 Å². The number of urea groups is 1. The topological polar surface area (TPSA) is 41.1 Å². The SMILES string of the molecule is CCCC1NC(=O)NC=C1CC. The first kappa shape index (κ1) is 9.10. The molecule has 0 fully saturated rings. The van der Waals surface area contributed by atoms with Gasteiger partial charge >= 0.3 is 6.03 Å². The summed E-state index contributed by atoms with van der Waals surface area (Å²) < 4.78 is 0. The van der Waals surface area contributed by atoms with Gasteiger partial charge in [0.05, 0.1) is 6.04 Å². The van der Waals surface area contributed by atoms with Gasteiger partial charge in [0.1, 0.15) is 0 Å². The van der Waals surface area contributed by atoms with E-state index in [9.17, 15) is 4.79 Å². The Morgan fingerprint density at radius 3 is 2.83 bits per heavy atom. The van der Waals surface area contributed by atoms with Crippen LogP contribution in [0.1, 0.15) is 33.1 Å². The van der Waals surface area contributed by atoms with E-state index in [1.165, 1.54) is 5.57 Å². The molecule has 68 valence electrons. The van der Waals surface area contributed by atoms with Crippen molar-refractivity contribution in [1.82, 2.24) is 10.6 Å². The average Bonchev–Trinajstić information content (AvgIpc) is 2.05. The number of nitrogens with one attached hydrogen (secondary N) is 2. The van der Waals surface area contributed by atoms with Crippen molar-refractivity contribution in [2.75, 3.05) is 0 Å². The number of hydrogen-bond acceptors (Lipinski definition) is 1. The van der Waals surface area contributed by atoms with Crippen LogP contribution in [0, 0.1) is 0 Å². The van der Waals surface area contributed by atoms with Crippen LogP contribution in [0.15, 0.2) is 11.8 Å². The number of rotatable bonds is 3. The lowest BCUT2D eigenvalue weighted by Gasteiger charge is -2.24. The maximum Gasteiger partial charge on any atom is 0.319 e. The van der Waals surface area contributed by atoms with E-state index in [0.29, 0.717) is 0 Å². The van der Waals surface area contributed by atoms with Crippen molar-refractivity contribution in [3.8, 4) is 0 Å². The normalized spacial score (nSPS) is 22.7. The molecule has 0 aromatic rings. The van der Waals surface area contributed by atoms with Crippen LogP contribution in [0.2, 0.25) is 0 Å². The fraction of sp³-hybridized carbons (Fsp3) is 0.667. The van der Waals surface area contributed by atoms with Gasteiger partial charge in [-0.1, -0.05) is 20.3 Å². The zero-order valence-corrected chi connectivity index (χ0v) is 7.68. The third kappa shape index (κ3) is 2.00. The minimum atomic E-state index is -0.0781. The molecule has 0 aliphatic carbocycles. The summed E-state index contributed by atoms with van der Waals surface area (Å²) in [5.41, 5.74) is 1.29. The van der Waals surface area contributed by atoms with Crippen molar-refractivity contribution >= 4 is 6.03 Å². The molecule has 3 nitrogen and oxygen atoms in total. The second kappa shape index (κ2) is 4.14. The summed E-state index contributed by atoms with van der Waals surface area (Å²) in [5, 5.41) is 5.56. The van der Waals surface area contributed by atoms with E-state index in [-0.39, 0.29) is 12.1 Å². The Labute approximate surface area is 73.2 Å². The molecular formula is C9H16N2O. The molecule has 12 heavy (non-hydrogen) atoms. The molecule has 2 N–H and O–H groups in total. The van der Waals surface area contributed by atoms with Crippen LogP contribution < -0.4 is 10.6 Å². The average molecular weight is 168 g/mol. The quantitative estimate of drug-likeness (QED) is 0.662. The zero-order valence-electron chi connectivity index (χ0n) is 7.68. The monoisotopic (exact) mass is 168 g/mol. The highest BCUT2D eigenvalue weighted by Gasteiger charge is 2.18. The lowest BCUT2D eigenvalue weighted by molar-refractivity contribution is 0.238. The molecular weight excluding hydrogens is 152 g/mol. The van der Waals surface area contributed by atoms with E-state index in [0.717, 1.165) is 19.3 Å². The van der Waals surface area contributed by atoms with Crippen LogP contribution in [-0.4, -0.2) is 12.1 Å². The van der Waals surface area contributed by atoms with Gasteiger partial charge in [0, 0.05) is 6.20 Å². The van der Waals surface area contributed by atoms with Gasteiger partial charge in [0.15, 0.2) is 0 Å². The van der Waals surface area contributed by atoms with Crippen molar-refractivity contribution in [1.29, 1.82) is 0 Å². The largest absolute Gasteiger partial charge is 0.331 e. The minimum absolute atomic E-state index is 0.0781. The number of carbonyl (C=O) groups excluding carboxylic acids is 1. The number of hydrogen-bond donors (Lipinski definition) is 2. The molecule has 1 unspecified atom stereocenters. The van der Waals surface area contributed by atoms with Crippen molar-refractivity contribution in [2.24, 2.45) is 0 Å². The highest BCUT2D eigenvalue weighted by molar-refractivity contribution is 5.77. The fourth-order valence-corrected chi connectivity index (χ4v) is 1.45. The Balaban J connectivity index is 2.61. The molecule has 0 saturated heterocycles. The molecule has 0 aromatic carbocycles. The summed E-state index contributed by atoms with van der Waals surface area (Å²) in [6.07, 6.45) is 4.96. The standard InChI is InChI=1S/C9H16N2O/c1-3-5-8-7(4-2)6-10-9(12)11-8/h6,8H,3-5H2,1-2H3,(H2,10,11,12). The van der Waals surface area contributed by atoms with Gasteiger partial charge in [0.2, 0.25) is 0 Å². The van der Waals surface area contributed by atoms with Gasteiger partial charge in [-0.25, -0.2) is 4.79 Å². The van der Waals surface area contributed by atoms with Crippen molar-refractivity contribution in [3.05, 3.63) is 11.8 Å². The molecule has 0 saturated carbocycles. The Bertz CT molecular complexity index is 199. The lowest BCUT2D eigenvalue weighted by Crippen LogP contribution is -2.45. The van der Waals surface area contributed by atoms with Crippen molar-refractivity contribution in [2.45, 2.75) is 39.2 Å². The summed E-state index contributed by atoms with van der Waals surface area (Å²) in [6, 6.07) is 0.180. The van der Waals surface area contributed by atoms with Crippen LogP contribution in [0.4, 0.5) is 4.79 Å².